The molecule has 0 amide bonds. The monoisotopic (exact) mass is 204 g/mol. The van der Waals surface area contributed by atoms with Gasteiger partial charge in [0.25, 0.3) is 0 Å². The molecular weight excluding hydrogens is 188 g/mol. The number of hydrogen-bond donors (Lipinski definition) is 3. The average molecular weight is 204 g/mol. The molecule has 15 heavy (non-hydrogen) atoms. The first-order valence-electron chi connectivity index (χ1n) is 5.30. The summed E-state index contributed by atoms with van der Waals surface area (Å²) >= 11 is 0. The molecule has 1 aromatic carbocycles. The lowest BCUT2D eigenvalue weighted by molar-refractivity contribution is 0.0777. The predicted octanol–water partition coefficient (Wildman–Crippen LogP) is 1.17. The van der Waals surface area contributed by atoms with E-state index in [0.717, 1.165) is 18.7 Å². The van der Waals surface area contributed by atoms with E-state index in [-0.39, 0.29) is 0 Å². The van der Waals surface area contributed by atoms with Crippen LogP contribution in [0.5, 0.6) is 0 Å². The van der Waals surface area contributed by atoms with Gasteiger partial charge in [-0.3, -0.25) is 0 Å². The SMILES string of the molecule is N=C(c1ccccc1)C1(O)CCNCC1. The highest BCUT2D eigenvalue weighted by Gasteiger charge is 2.34. The van der Waals surface area contributed by atoms with Crippen LogP contribution in [0.15, 0.2) is 30.3 Å². The summed E-state index contributed by atoms with van der Waals surface area (Å²) in [4.78, 5) is 0. The highest BCUT2D eigenvalue weighted by Crippen LogP contribution is 2.22. The van der Waals surface area contributed by atoms with Gasteiger partial charge in [-0.1, -0.05) is 30.3 Å². The Balaban J connectivity index is 2.20. The summed E-state index contributed by atoms with van der Waals surface area (Å²) in [5, 5.41) is 21.6. The van der Waals surface area contributed by atoms with Gasteiger partial charge in [-0.05, 0) is 31.5 Å². The van der Waals surface area contributed by atoms with Crippen molar-refractivity contribution in [2.75, 3.05) is 13.1 Å². The lowest BCUT2D eigenvalue weighted by Gasteiger charge is -2.33. The molecule has 3 heteroatoms. The van der Waals surface area contributed by atoms with E-state index in [1.54, 1.807) is 0 Å². The second-order valence-corrected chi connectivity index (χ2v) is 4.02. The van der Waals surface area contributed by atoms with E-state index in [4.69, 9.17) is 5.41 Å². The van der Waals surface area contributed by atoms with Gasteiger partial charge in [0, 0.05) is 0 Å². The number of aliphatic hydroxyl groups is 1. The molecule has 1 aliphatic rings. The minimum absolute atomic E-state index is 0.351. The van der Waals surface area contributed by atoms with E-state index in [1.807, 2.05) is 30.3 Å². The Morgan fingerprint density at radius 2 is 1.80 bits per heavy atom. The standard InChI is InChI=1S/C12H16N2O/c13-11(10-4-2-1-3-5-10)12(15)6-8-14-9-7-12/h1-5,13-15H,6-9H2. The van der Waals surface area contributed by atoms with Gasteiger partial charge in [-0.25, -0.2) is 0 Å². The lowest BCUT2D eigenvalue weighted by Crippen LogP contribution is -2.47. The van der Waals surface area contributed by atoms with E-state index in [0.29, 0.717) is 18.6 Å². The van der Waals surface area contributed by atoms with Gasteiger partial charge in [0.2, 0.25) is 0 Å². The van der Waals surface area contributed by atoms with Crippen molar-refractivity contribution in [3.8, 4) is 0 Å². The second-order valence-electron chi connectivity index (χ2n) is 4.02. The normalized spacial score (nSPS) is 19.8. The Morgan fingerprint density at radius 3 is 2.40 bits per heavy atom. The van der Waals surface area contributed by atoms with Crippen molar-refractivity contribution >= 4 is 5.71 Å². The van der Waals surface area contributed by atoms with Crippen LogP contribution in [0.3, 0.4) is 0 Å². The van der Waals surface area contributed by atoms with E-state index in [2.05, 4.69) is 5.32 Å². The van der Waals surface area contributed by atoms with Crippen molar-refractivity contribution in [3.63, 3.8) is 0 Å². The number of benzene rings is 1. The molecule has 3 nitrogen and oxygen atoms in total. The fourth-order valence-corrected chi connectivity index (χ4v) is 1.96. The Morgan fingerprint density at radius 1 is 1.20 bits per heavy atom. The first-order chi connectivity index (χ1) is 7.22. The first kappa shape index (κ1) is 10.3. The third-order valence-corrected chi connectivity index (χ3v) is 2.96. The van der Waals surface area contributed by atoms with Gasteiger partial charge in [0.1, 0.15) is 5.60 Å². The fourth-order valence-electron chi connectivity index (χ4n) is 1.96. The molecule has 1 fully saturated rings. The van der Waals surface area contributed by atoms with Gasteiger partial charge in [0.05, 0.1) is 5.71 Å². The third-order valence-electron chi connectivity index (χ3n) is 2.96. The molecule has 0 unspecified atom stereocenters. The van der Waals surface area contributed by atoms with Crippen molar-refractivity contribution in [3.05, 3.63) is 35.9 Å². The molecule has 0 aliphatic carbocycles. The summed E-state index contributed by atoms with van der Waals surface area (Å²) in [5.41, 5.74) is 0.235. The smallest absolute Gasteiger partial charge is 0.109 e. The molecule has 0 saturated carbocycles. The maximum absolute atomic E-state index is 10.3. The number of piperidine rings is 1. The predicted molar refractivity (Wildman–Crippen MR) is 60.3 cm³/mol. The molecule has 3 N–H and O–H groups in total. The minimum Gasteiger partial charge on any atom is -0.383 e. The Hall–Kier alpha value is -1.19. The van der Waals surface area contributed by atoms with Crippen molar-refractivity contribution in [2.45, 2.75) is 18.4 Å². The molecule has 0 radical (unpaired) electrons. The van der Waals surface area contributed by atoms with Gasteiger partial charge in [0.15, 0.2) is 0 Å². The van der Waals surface area contributed by atoms with Crippen LogP contribution < -0.4 is 5.32 Å². The number of nitrogens with one attached hydrogen (secondary N) is 2. The summed E-state index contributed by atoms with van der Waals surface area (Å²) < 4.78 is 0. The molecular formula is C12H16N2O. The molecule has 0 aromatic heterocycles. The lowest BCUT2D eigenvalue weighted by atomic mass is 9.84. The highest BCUT2D eigenvalue weighted by atomic mass is 16.3. The summed E-state index contributed by atoms with van der Waals surface area (Å²) in [6.45, 7) is 1.57. The van der Waals surface area contributed by atoms with Gasteiger partial charge < -0.3 is 15.8 Å². The van der Waals surface area contributed by atoms with Crippen molar-refractivity contribution in [1.29, 1.82) is 5.41 Å². The van der Waals surface area contributed by atoms with Crippen molar-refractivity contribution in [1.82, 2.24) is 5.32 Å². The summed E-state index contributed by atoms with van der Waals surface area (Å²) in [6.07, 6.45) is 1.25. The molecule has 1 saturated heterocycles. The van der Waals surface area contributed by atoms with Crippen LogP contribution in [0.4, 0.5) is 0 Å². The largest absolute Gasteiger partial charge is 0.383 e. The van der Waals surface area contributed by atoms with Gasteiger partial charge >= 0.3 is 0 Å². The Labute approximate surface area is 89.6 Å². The zero-order chi connectivity index (χ0) is 10.7. The molecule has 2 rings (SSSR count). The third kappa shape index (κ3) is 2.08. The molecule has 0 spiro atoms. The summed E-state index contributed by atoms with van der Waals surface area (Å²) in [6, 6.07) is 9.47. The minimum atomic E-state index is -0.938. The van der Waals surface area contributed by atoms with Crippen LogP contribution in [0.1, 0.15) is 18.4 Å². The number of hydrogen-bond acceptors (Lipinski definition) is 3. The molecule has 1 aliphatic heterocycles. The molecule has 1 heterocycles. The number of rotatable bonds is 2. The van der Waals surface area contributed by atoms with E-state index >= 15 is 0 Å². The zero-order valence-electron chi connectivity index (χ0n) is 8.66. The molecule has 80 valence electrons. The van der Waals surface area contributed by atoms with Crippen LogP contribution in [-0.4, -0.2) is 29.5 Å². The second kappa shape index (κ2) is 4.13. The van der Waals surface area contributed by atoms with Crippen LogP contribution >= 0.6 is 0 Å². The zero-order valence-corrected chi connectivity index (χ0v) is 8.66. The van der Waals surface area contributed by atoms with Crippen LogP contribution in [0.2, 0.25) is 0 Å². The average Bonchev–Trinajstić information content (AvgIpc) is 2.30. The Kier molecular flexibility index (Phi) is 2.84. The highest BCUT2D eigenvalue weighted by molar-refractivity contribution is 6.04. The molecule has 0 atom stereocenters. The van der Waals surface area contributed by atoms with E-state index in [9.17, 15) is 5.11 Å². The topological polar surface area (TPSA) is 56.1 Å². The van der Waals surface area contributed by atoms with Crippen molar-refractivity contribution in [2.24, 2.45) is 0 Å². The summed E-state index contributed by atoms with van der Waals surface area (Å²) in [7, 11) is 0. The Bertz CT molecular complexity index is 342. The fraction of sp³-hybridized carbons (Fsp3) is 0.417. The maximum atomic E-state index is 10.3. The van der Waals surface area contributed by atoms with Crippen LogP contribution in [0, 0.1) is 5.41 Å². The summed E-state index contributed by atoms with van der Waals surface area (Å²) in [5.74, 6) is 0. The van der Waals surface area contributed by atoms with E-state index in [1.165, 1.54) is 0 Å². The maximum Gasteiger partial charge on any atom is 0.109 e. The van der Waals surface area contributed by atoms with Crippen molar-refractivity contribution < 1.29 is 5.11 Å². The quantitative estimate of drug-likeness (QED) is 0.633. The van der Waals surface area contributed by atoms with E-state index < -0.39 is 5.60 Å². The van der Waals surface area contributed by atoms with Crippen LogP contribution in [-0.2, 0) is 0 Å². The first-order valence-corrected chi connectivity index (χ1v) is 5.30. The van der Waals surface area contributed by atoms with Crippen LogP contribution in [0.25, 0.3) is 0 Å². The van der Waals surface area contributed by atoms with Gasteiger partial charge in [-0.15, -0.1) is 0 Å². The molecule has 0 bridgehead atoms. The molecule has 1 aromatic rings. The van der Waals surface area contributed by atoms with Gasteiger partial charge in [-0.2, -0.15) is 0 Å².